The highest BCUT2D eigenvalue weighted by atomic mass is 15.1. The van der Waals surface area contributed by atoms with E-state index in [9.17, 15) is 0 Å². The van der Waals surface area contributed by atoms with Crippen LogP contribution in [0.15, 0.2) is 117 Å². The van der Waals surface area contributed by atoms with Gasteiger partial charge in [-0.1, -0.05) is 107 Å². The highest BCUT2D eigenvalue weighted by Gasteiger charge is 2.16. The first kappa shape index (κ1) is 26.5. The minimum absolute atomic E-state index is 0.0933. The molecule has 6 nitrogen and oxygen atoms in total. The van der Waals surface area contributed by atoms with Crippen LogP contribution in [0.25, 0.3) is 51.0 Å². The van der Waals surface area contributed by atoms with Gasteiger partial charge in [0.05, 0.1) is 0 Å². The summed E-state index contributed by atoms with van der Waals surface area (Å²) < 4.78 is 0. The van der Waals surface area contributed by atoms with Crippen molar-refractivity contribution in [2.24, 2.45) is 0 Å². The Balaban J connectivity index is 1.56. The van der Waals surface area contributed by atoms with Crippen molar-refractivity contribution < 1.29 is 0 Å². The van der Waals surface area contributed by atoms with E-state index in [4.69, 9.17) is 19.9 Å². The average Bonchev–Trinajstić information content (AvgIpc) is 3.00. The van der Waals surface area contributed by atoms with E-state index < -0.39 is 0 Å². The van der Waals surface area contributed by atoms with Gasteiger partial charge in [-0.15, -0.1) is 0 Å². The summed E-state index contributed by atoms with van der Waals surface area (Å²) in [5.74, 6) is 2.00. The van der Waals surface area contributed by atoms with Gasteiger partial charge < -0.3 is 0 Å². The monoisotopic (exact) mass is 522 g/mol. The fourth-order valence-corrected chi connectivity index (χ4v) is 4.20. The summed E-state index contributed by atoms with van der Waals surface area (Å²) in [6.07, 6.45) is 10.5. The molecule has 196 valence electrons. The van der Waals surface area contributed by atoms with Gasteiger partial charge >= 0.3 is 0 Å². The molecule has 0 aliphatic heterocycles. The molecule has 0 fully saturated rings. The summed E-state index contributed by atoms with van der Waals surface area (Å²) in [5, 5.41) is 0. The summed E-state index contributed by atoms with van der Waals surface area (Å²) in [5.41, 5.74) is 6.44. The largest absolute Gasteiger partial charge is 0.263 e. The Morgan fingerprint density at radius 3 is 2.12 bits per heavy atom. The number of rotatable bonds is 7. The molecule has 0 spiro atoms. The lowest BCUT2D eigenvalue weighted by Gasteiger charge is -2.19. The molecule has 3 aromatic heterocycles. The van der Waals surface area contributed by atoms with Gasteiger partial charge in [0.2, 0.25) is 0 Å². The minimum atomic E-state index is 0.0933. The van der Waals surface area contributed by atoms with Crippen LogP contribution in [0.1, 0.15) is 32.2 Å². The second-order valence-electron chi connectivity index (χ2n) is 10.3. The van der Waals surface area contributed by atoms with Crippen LogP contribution in [0, 0.1) is 0 Å². The van der Waals surface area contributed by atoms with E-state index in [1.54, 1.807) is 30.6 Å². The molecule has 3 heterocycles. The van der Waals surface area contributed by atoms with Crippen LogP contribution in [-0.2, 0) is 5.41 Å². The fourth-order valence-electron chi connectivity index (χ4n) is 4.20. The van der Waals surface area contributed by atoms with Crippen LogP contribution in [0.3, 0.4) is 0 Å². The molecule has 0 amide bonds. The van der Waals surface area contributed by atoms with Gasteiger partial charge in [-0.2, -0.15) is 0 Å². The number of hydrogen-bond acceptors (Lipinski definition) is 6. The van der Waals surface area contributed by atoms with Gasteiger partial charge in [0.1, 0.15) is 5.69 Å². The standard InChI is InChI=1S/C34H30N6/c1-6-11-23(7-2)31-38-32(25-12-9-8-10-13-25)40-33(39-31)29-18-19-36-30(37-29)27-20-26(21-35-22-27)24-14-16-28(17-15-24)34(3,4)5/h6-22H,1-2H2,3-5H3/b23-11+. The van der Waals surface area contributed by atoms with Gasteiger partial charge in [0, 0.05) is 40.9 Å². The molecule has 40 heavy (non-hydrogen) atoms. The third-order valence-electron chi connectivity index (χ3n) is 6.41. The molecule has 0 bridgehead atoms. The van der Waals surface area contributed by atoms with Crippen molar-refractivity contribution in [1.82, 2.24) is 29.9 Å². The number of nitrogens with zero attached hydrogens (tertiary/aromatic N) is 6. The predicted octanol–water partition coefficient (Wildman–Crippen LogP) is 7.78. The van der Waals surface area contributed by atoms with Gasteiger partial charge in [0.15, 0.2) is 23.3 Å². The van der Waals surface area contributed by atoms with E-state index in [0.29, 0.717) is 29.0 Å². The Bertz CT molecular complexity index is 1700. The first-order valence-corrected chi connectivity index (χ1v) is 13.0. The van der Waals surface area contributed by atoms with Crippen LogP contribution in [-0.4, -0.2) is 29.9 Å². The first-order valence-electron chi connectivity index (χ1n) is 13.0. The first-order chi connectivity index (χ1) is 19.4. The van der Waals surface area contributed by atoms with Crippen LogP contribution in [0.4, 0.5) is 0 Å². The highest BCUT2D eigenvalue weighted by Crippen LogP contribution is 2.28. The molecule has 2 aromatic carbocycles. The normalized spacial score (nSPS) is 11.7. The number of benzene rings is 2. The fraction of sp³-hybridized carbons (Fsp3) is 0.118. The summed E-state index contributed by atoms with van der Waals surface area (Å²) >= 11 is 0. The third kappa shape index (κ3) is 5.81. The molecular weight excluding hydrogens is 492 g/mol. The second kappa shape index (κ2) is 11.3. The average molecular weight is 523 g/mol. The quantitative estimate of drug-likeness (QED) is 0.203. The SMILES string of the molecule is C=C/C=C(\C=C)c1nc(-c2ccccc2)nc(-c2ccnc(-c3cncc(-c4ccc(C(C)(C)C)cc4)c3)n2)n1. The molecule has 0 aliphatic carbocycles. The Morgan fingerprint density at radius 2 is 1.43 bits per heavy atom. The van der Waals surface area contributed by atoms with Gasteiger partial charge in [-0.05, 0) is 28.7 Å². The van der Waals surface area contributed by atoms with E-state index in [1.807, 2.05) is 42.6 Å². The molecule has 5 rings (SSSR count). The number of aromatic nitrogens is 6. The Morgan fingerprint density at radius 1 is 0.700 bits per heavy atom. The van der Waals surface area contributed by atoms with Crippen molar-refractivity contribution >= 4 is 5.57 Å². The Labute approximate surface area is 235 Å². The molecule has 0 N–H and O–H groups in total. The zero-order valence-corrected chi connectivity index (χ0v) is 22.9. The van der Waals surface area contributed by atoms with Gasteiger partial charge in [0.25, 0.3) is 0 Å². The van der Waals surface area contributed by atoms with E-state index in [0.717, 1.165) is 27.8 Å². The molecule has 0 aliphatic rings. The number of allylic oxidation sites excluding steroid dienone is 4. The van der Waals surface area contributed by atoms with E-state index in [1.165, 1.54) is 5.56 Å². The van der Waals surface area contributed by atoms with E-state index in [2.05, 4.69) is 74.2 Å². The summed E-state index contributed by atoms with van der Waals surface area (Å²) in [7, 11) is 0. The third-order valence-corrected chi connectivity index (χ3v) is 6.41. The van der Waals surface area contributed by atoms with Crippen LogP contribution in [0.5, 0.6) is 0 Å². The maximum atomic E-state index is 4.83. The van der Waals surface area contributed by atoms with Crippen molar-refractivity contribution in [1.29, 1.82) is 0 Å². The summed E-state index contributed by atoms with van der Waals surface area (Å²) in [6.45, 7) is 14.3. The molecule has 0 atom stereocenters. The molecule has 0 saturated carbocycles. The molecule has 0 saturated heterocycles. The van der Waals surface area contributed by atoms with Gasteiger partial charge in [-0.25, -0.2) is 24.9 Å². The molecular formula is C34H30N6. The van der Waals surface area contributed by atoms with Crippen molar-refractivity contribution in [3.05, 3.63) is 128 Å². The van der Waals surface area contributed by atoms with Gasteiger partial charge in [-0.3, -0.25) is 4.98 Å². The van der Waals surface area contributed by atoms with Crippen LogP contribution in [0.2, 0.25) is 0 Å². The highest BCUT2D eigenvalue weighted by molar-refractivity contribution is 5.73. The Hall–Kier alpha value is -5.10. The topological polar surface area (TPSA) is 77.3 Å². The number of pyridine rings is 1. The summed E-state index contributed by atoms with van der Waals surface area (Å²) in [4.78, 5) is 28.1. The zero-order valence-electron chi connectivity index (χ0n) is 22.9. The van der Waals surface area contributed by atoms with Crippen molar-refractivity contribution in [2.75, 3.05) is 0 Å². The lowest BCUT2D eigenvalue weighted by molar-refractivity contribution is 0.590. The second-order valence-corrected chi connectivity index (χ2v) is 10.3. The lowest BCUT2D eigenvalue weighted by Crippen LogP contribution is -2.10. The summed E-state index contributed by atoms with van der Waals surface area (Å²) in [6, 6.07) is 22.2. The number of hydrogen-bond donors (Lipinski definition) is 0. The Kier molecular flexibility index (Phi) is 7.51. The zero-order chi connectivity index (χ0) is 28.1. The molecule has 0 radical (unpaired) electrons. The smallest absolute Gasteiger partial charge is 0.182 e. The van der Waals surface area contributed by atoms with E-state index in [-0.39, 0.29) is 5.41 Å². The van der Waals surface area contributed by atoms with Crippen LogP contribution >= 0.6 is 0 Å². The van der Waals surface area contributed by atoms with Crippen molar-refractivity contribution in [2.45, 2.75) is 26.2 Å². The predicted molar refractivity (Wildman–Crippen MR) is 162 cm³/mol. The molecule has 6 heteroatoms. The van der Waals surface area contributed by atoms with E-state index >= 15 is 0 Å². The molecule has 5 aromatic rings. The maximum Gasteiger partial charge on any atom is 0.182 e. The molecule has 0 unspecified atom stereocenters. The minimum Gasteiger partial charge on any atom is -0.263 e. The maximum absolute atomic E-state index is 4.83. The van der Waals surface area contributed by atoms with Crippen LogP contribution < -0.4 is 0 Å². The lowest BCUT2D eigenvalue weighted by atomic mass is 9.86. The van der Waals surface area contributed by atoms with Crippen molar-refractivity contribution in [3.63, 3.8) is 0 Å². The van der Waals surface area contributed by atoms with Crippen molar-refractivity contribution in [3.8, 4) is 45.4 Å².